The van der Waals surface area contributed by atoms with Crippen LogP contribution in [-0.2, 0) is 6.42 Å². The molecule has 0 atom stereocenters. The van der Waals surface area contributed by atoms with E-state index in [4.69, 9.17) is 4.42 Å². The van der Waals surface area contributed by atoms with Crippen LogP contribution in [0, 0.1) is 5.82 Å². The van der Waals surface area contributed by atoms with Crippen LogP contribution in [0.2, 0.25) is 0 Å². The van der Waals surface area contributed by atoms with Crippen LogP contribution in [0.15, 0.2) is 53.2 Å². The number of ketones is 1. The Hall–Kier alpha value is -2.49. The molecule has 19 heavy (non-hydrogen) atoms. The fourth-order valence-electron chi connectivity index (χ4n) is 1.94. The fourth-order valence-corrected chi connectivity index (χ4v) is 1.94. The summed E-state index contributed by atoms with van der Waals surface area (Å²) in [5, 5.41) is 0.595. The van der Waals surface area contributed by atoms with Crippen molar-refractivity contribution in [2.24, 2.45) is 0 Å². The molecule has 3 rings (SSSR count). The molecule has 4 heteroatoms. The molecule has 0 aliphatic rings. The summed E-state index contributed by atoms with van der Waals surface area (Å²) in [6, 6.07) is 9.71. The molecule has 0 radical (unpaired) electrons. The van der Waals surface area contributed by atoms with Gasteiger partial charge in [0.15, 0.2) is 17.2 Å². The lowest BCUT2D eigenvalue weighted by molar-refractivity contribution is 0.0968. The average molecular weight is 255 g/mol. The Morgan fingerprint density at radius 2 is 2.00 bits per heavy atom. The van der Waals surface area contributed by atoms with Crippen LogP contribution in [0.25, 0.3) is 11.0 Å². The number of carbonyl (C=O) groups excluding carboxylic acids is 1. The van der Waals surface area contributed by atoms with E-state index >= 15 is 0 Å². The molecular weight excluding hydrogens is 245 g/mol. The zero-order valence-corrected chi connectivity index (χ0v) is 9.97. The number of furan rings is 1. The molecule has 0 aliphatic heterocycles. The highest BCUT2D eigenvalue weighted by molar-refractivity contribution is 5.98. The summed E-state index contributed by atoms with van der Waals surface area (Å²) < 4.78 is 18.8. The minimum atomic E-state index is -0.458. The van der Waals surface area contributed by atoms with E-state index in [1.54, 1.807) is 42.7 Å². The first-order chi connectivity index (χ1) is 9.24. The predicted octanol–water partition coefficient (Wildman–Crippen LogP) is 3.39. The van der Waals surface area contributed by atoms with Gasteiger partial charge in [0.25, 0.3) is 0 Å². The lowest BCUT2D eigenvalue weighted by atomic mass is 10.1. The van der Waals surface area contributed by atoms with Gasteiger partial charge >= 0.3 is 0 Å². The summed E-state index contributed by atoms with van der Waals surface area (Å²) in [5.74, 6) is -0.459. The van der Waals surface area contributed by atoms with Crippen LogP contribution >= 0.6 is 0 Å². The summed E-state index contributed by atoms with van der Waals surface area (Å²) in [7, 11) is 0. The van der Waals surface area contributed by atoms with Crippen LogP contribution in [-0.4, -0.2) is 10.8 Å². The van der Waals surface area contributed by atoms with Gasteiger partial charge in [-0.15, -0.1) is 0 Å². The normalized spacial score (nSPS) is 10.8. The molecule has 1 aromatic carbocycles. The number of pyridine rings is 1. The number of nitrogens with zero attached hydrogens (tertiary/aromatic N) is 1. The first-order valence-corrected chi connectivity index (χ1v) is 5.84. The largest absolute Gasteiger partial charge is 0.450 e. The lowest BCUT2D eigenvalue weighted by Gasteiger charge is -1.97. The zero-order valence-electron chi connectivity index (χ0n) is 9.97. The number of halogens is 1. The standard InChI is InChI=1S/C15H10FNO2/c16-12-3-1-2-11-9-14(19-15(11)12)13(18)8-10-4-6-17-7-5-10/h1-7,9H,8H2. The van der Waals surface area contributed by atoms with Gasteiger partial charge in [0.1, 0.15) is 0 Å². The number of carbonyl (C=O) groups is 1. The van der Waals surface area contributed by atoms with Crippen LogP contribution in [0.5, 0.6) is 0 Å². The van der Waals surface area contributed by atoms with E-state index in [0.29, 0.717) is 5.39 Å². The highest BCUT2D eigenvalue weighted by atomic mass is 19.1. The van der Waals surface area contributed by atoms with Crippen molar-refractivity contribution in [1.82, 2.24) is 4.98 Å². The molecule has 0 N–H and O–H groups in total. The van der Waals surface area contributed by atoms with E-state index in [9.17, 15) is 9.18 Å². The highest BCUT2D eigenvalue weighted by Crippen LogP contribution is 2.23. The van der Waals surface area contributed by atoms with Crippen molar-refractivity contribution in [2.45, 2.75) is 6.42 Å². The van der Waals surface area contributed by atoms with E-state index in [2.05, 4.69) is 4.98 Å². The van der Waals surface area contributed by atoms with Gasteiger partial charge in [-0.05, 0) is 29.8 Å². The molecule has 0 spiro atoms. The van der Waals surface area contributed by atoms with Crippen molar-refractivity contribution < 1.29 is 13.6 Å². The number of hydrogen-bond acceptors (Lipinski definition) is 3. The van der Waals surface area contributed by atoms with Crippen molar-refractivity contribution in [2.75, 3.05) is 0 Å². The monoisotopic (exact) mass is 255 g/mol. The molecule has 3 nitrogen and oxygen atoms in total. The van der Waals surface area contributed by atoms with E-state index < -0.39 is 5.82 Å². The third kappa shape index (κ3) is 2.25. The smallest absolute Gasteiger partial charge is 0.202 e. The second-order valence-electron chi connectivity index (χ2n) is 4.22. The summed E-state index contributed by atoms with van der Waals surface area (Å²) in [6.07, 6.45) is 3.46. The lowest BCUT2D eigenvalue weighted by Crippen LogP contribution is -2.01. The predicted molar refractivity (Wildman–Crippen MR) is 68.4 cm³/mol. The van der Waals surface area contributed by atoms with Gasteiger partial charge < -0.3 is 4.42 Å². The molecule has 2 heterocycles. The summed E-state index contributed by atoms with van der Waals surface area (Å²) in [6.45, 7) is 0. The Balaban J connectivity index is 1.92. The molecule has 0 unspecified atom stereocenters. The quantitative estimate of drug-likeness (QED) is 0.674. The fraction of sp³-hybridized carbons (Fsp3) is 0.0667. The van der Waals surface area contributed by atoms with Crippen LogP contribution in [0.4, 0.5) is 4.39 Å². The molecule has 2 aromatic heterocycles. The maximum Gasteiger partial charge on any atom is 0.202 e. The zero-order chi connectivity index (χ0) is 13.2. The third-order valence-electron chi connectivity index (χ3n) is 2.88. The van der Waals surface area contributed by atoms with Crippen LogP contribution < -0.4 is 0 Å². The molecule has 3 aromatic rings. The Labute approximate surface area is 108 Å². The minimum absolute atomic E-state index is 0.126. The van der Waals surface area contributed by atoms with Gasteiger partial charge in [-0.1, -0.05) is 12.1 Å². The van der Waals surface area contributed by atoms with Gasteiger partial charge in [0, 0.05) is 24.2 Å². The van der Waals surface area contributed by atoms with Crippen molar-refractivity contribution in [1.29, 1.82) is 0 Å². The number of Topliss-reactive ketones (excluding diaryl/α,β-unsaturated/α-hetero) is 1. The molecule has 0 aliphatic carbocycles. The molecule has 0 saturated carbocycles. The Kier molecular flexibility index (Phi) is 2.83. The second-order valence-corrected chi connectivity index (χ2v) is 4.22. The summed E-state index contributed by atoms with van der Waals surface area (Å²) in [5.41, 5.74) is 0.974. The second kappa shape index (κ2) is 4.65. The van der Waals surface area contributed by atoms with Gasteiger partial charge in [-0.25, -0.2) is 4.39 Å². The first-order valence-electron chi connectivity index (χ1n) is 5.84. The third-order valence-corrected chi connectivity index (χ3v) is 2.88. The van der Waals surface area contributed by atoms with Crippen molar-refractivity contribution >= 4 is 16.8 Å². The van der Waals surface area contributed by atoms with Crippen molar-refractivity contribution in [3.05, 3.63) is 65.9 Å². The van der Waals surface area contributed by atoms with E-state index in [1.807, 2.05) is 0 Å². The van der Waals surface area contributed by atoms with Gasteiger partial charge in [-0.3, -0.25) is 9.78 Å². The number of hydrogen-bond donors (Lipinski definition) is 0. The van der Waals surface area contributed by atoms with Gasteiger partial charge in [0.05, 0.1) is 0 Å². The Morgan fingerprint density at radius 1 is 1.21 bits per heavy atom. The molecular formula is C15H10FNO2. The topological polar surface area (TPSA) is 43.1 Å². The number of fused-ring (bicyclic) bond motifs is 1. The molecule has 0 amide bonds. The van der Waals surface area contributed by atoms with Gasteiger partial charge in [-0.2, -0.15) is 0 Å². The number of rotatable bonds is 3. The van der Waals surface area contributed by atoms with Crippen LogP contribution in [0.1, 0.15) is 16.1 Å². The van der Waals surface area contributed by atoms with Crippen molar-refractivity contribution in [3.8, 4) is 0 Å². The average Bonchev–Trinajstić information content (AvgIpc) is 2.85. The van der Waals surface area contributed by atoms with E-state index in [1.165, 1.54) is 6.07 Å². The highest BCUT2D eigenvalue weighted by Gasteiger charge is 2.14. The van der Waals surface area contributed by atoms with Crippen molar-refractivity contribution in [3.63, 3.8) is 0 Å². The minimum Gasteiger partial charge on any atom is -0.450 e. The van der Waals surface area contributed by atoms with E-state index in [0.717, 1.165) is 5.56 Å². The molecule has 0 saturated heterocycles. The maximum absolute atomic E-state index is 13.5. The van der Waals surface area contributed by atoms with Crippen LogP contribution in [0.3, 0.4) is 0 Å². The molecule has 0 fully saturated rings. The molecule has 0 bridgehead atoms. The Bertz CT molecular complexity index is 734. The SMILES string of the molecule is O=C(Cc1ccncc1)c1cc2cccc(F)c2o1. The number of benzene rings is 1. The maximum atomic E-state index is 13.5. The first kappa shape index (κ1) is 11.6. The van der Waals surface area contributed by atoms with Gasteiger partial charge in [0.2, 0.25) is 5.78 Å². The number of aromatic nitrogens is 1. The summed E-state index contributed by atoms with van der Waals surface area (Å²) in [4.78, 5) is 15.9. The number of para-hydroxylation sites is 1. The van der Waals surface area contributed by atoms with E-state index in [-0.39, 0.29) is 23.5 Å². The molecule has 94 valence electrons. The summed E-state index contributed by atoms with van der Waals surface area (Å²) >= 11 is 0. The Morgan fingerprint density at radius 3 is 2.74 bits per heavy atom.